The predicted octanol–water partition coefficient (Wildman–Crippen LogP) is 1.59. The maximum atomic E-state index is 13.0. The average Bonchev–Trinajstić information content (AvgIpc) is 2.55. The molecule has 0 aliphatic heterocycles. The van der Waals surface area contributed by atoms with Gasteiger partial charge in [0.05, 0.1) is 0 Å². The fraction of sp³-hybridized carbons (Fsp3) is 0.250. The summed E-state index contributed by atoms with van der Waals surface area (Å²) in [6.45, 7) is 1.69. The number of aromatic nitrogens is 2. The minimum absolute atomic E-state index is 0.0680. The van der Waals surface area contributed by atoms with Crippen LogP contribution in [0.5, 0.6) is 0 Å². The van der Waals surface area contributed by atoms with Gasteiger partial charge in [0, 0.05) is 18.3 Å². The summed E-state index contributed by atoms with van der Waals surface area (Å²) >= 11 is 0. The van der Waals surface area contributed by atoms with E-state index in [0.29, 0.717) is 13.0 Å². The Morgan fingerprint density at radius 3 is 2.79 bits per heavy atom. The zero-order valence-corrected chi connectivity index (χ0v) is 13.0. The Kier molecular flexibility index (Phi) is 5.78. The zero-order chi connectivity index (χ0) is 17.5. The number of anilines is 1. The zero-order valence-electron chi connectivity index (χ0n) is 13.0. The van der Waals surface area contributed by atoms with Crippen molar-refractivity contribution in [3.8, 4) is 0 Å². The first kappa shape index (κ1) is 17.3. The first-order chi connectivity index (χ1) is 11.5. The molecular formula is C16H16FN3O4. The van der Waals surface area contributed by atoms with E-state index in [4.69, 9.17) is 4.74 Å². The molecule has 2 aromatic rings. The molecule has 24 heavy (non-hydrogen) atoms. The van der Waals surface area contributed by atoms with E-state index < -0.39 is 24.3 Å². The number of esters is 1. The molecule has 0 fully saturated rings. The van der Waals surface area contributed by atoms with E-state index in [1.807, 2.05) is 6.92 Å². The van der Waals surface area contributed by atoms with Crippen molar-refractivity contribution >= 4 is 17.6 Å². The van der Waals surface area contributed by atoms with E-state index in [-0.39, 0.29) is 16.9 Å². The van der Waals surface area contributed by atoms with Crippen molar-refractivity contribution < 1.29 is 18.7 Å². The Balaban J connectivity index is 1.94. The van der Waals surface area contributed by atoms with Gasteiger partial charge in [0.15, 0.2) is 12.3 Å². The quantitative estimate of drug-likeness (QED) is 0.811. The van der Waals surface area contributed by atoms with Crippen molar-refractivity contribution in [1.82, 2.24) is 9.78 Å². The molecule has 2 rings (SSSR count). The van der Waals surface area contributed by atoms with Gasteiger partial charge >= 0.3 is 5.97 Å². The summed E-state index contributed by atoms with van der Waals surface area (Å²) in [6.07, 6.45) is 0.682. The molecule has 126 valence electrons. The minimum atomic E-state index is -0.825. The molecule has 0 saturated heterocycles. The summed E-state index contributed by atoms with van der Waals surface area (Å²) in [6, 6.07) is 7.78. The van der Waals surface area contributed by atoms with Crippen molar-refractivity contribution in [2.45, 2.75) is 19.9 Å². The maximum Gasteiger partial charge on any atom is 0.359 e. The summed E-state index contributed by atoms with van der Waals surface area (Å²) in [5, 5.41) is 6.28. The number of hydrogen-bond acceptors (Lipinski definition) is 5. The number of ether oxygens (including phenoxy) is 1. The van der Waals surface area contributed by atoms with Crippen molar-refractivity contribution in [3.05, 3.63) is 58.3 Å². The normalized spacial score (nSPS) is 10.2. The van der Waals surface area contributed by atoms with Gasteiger partial charge in [0.25, 0.3) is 11.5 Å². The Hall–Kier alpha value is -3.03. The summed E-state index contributed by atoms with van der Waals surface area (Å²) in [7, 11) is 0. The second-order valence-electron chi connectivity index (χ2n) is 4.91. The lowest BCUT2D eigenvalue weighted by Crippen LogP contribution is -2.26. The molecular weight excluding hydrogens is 317 g/mol. The van der Waals surface area contributed by atoms with E-state index in [1.54, 1.807) is 0 Å². The molecule has 0 bridgehead atoms. The number of halogens is 1. The molecule has 1 N–H and O–H groups in total. The van der Waals surface area contributed by atoms with E-state index in [0.717, 1.165) is 10.7 Å². The summed E-state index contributed by atoms with van der Waals surface area (Å²) in [5.41, 5.74) is -0.135. The van der Waals surface area contributed by atoms with Gasteiger partial charge in [0.1, 0.15) is 5.82 Å². The highest BCUT2D eigenvalue weighted by Crippen LogP contribution is 2.08. The number of benzene rings is 1. The Morgan fingerprint density at radius 1 is 1.29 bits per heavy atom. The molecule has 0 saturated carbocycles. The Labute approximate surface area is 137 Å². The highest BCUT2D eigenvalue weighted by atomic mass is 19.1. The molecule has 0 aliphatic carbocycles. The molecule has 1 heterocycles. The lowest BCUT2D eigenvalue weighted by Gasteiger charge is -2.07. The van der Waals surface area contributed by atoms with Crippen LogP contribution in [0.15, 0.2) is 41.2 Å². The molecule has 0 unspecified atom stereocenters. The number of aryl methyl sites for hydroxylation is 1. The predicted molar refractivity (Wildman–Crippen MR) is 84.1 cm³/mol. The third-order valence-electron chi connectivity index (χ3n) is 2.95. The van der Waals surface area contributed by atoms with Crippen LogP contribution in [0.2, 0.25) is 0 Å². The Bertz CT molecular complexity index is 804. The van der Waals surface area contributed by atoms with Crippen LogP contribution >= 0.6 is 0 Å². The van der Waals surface area contributed by atoms with E-state index >= 15 is 0 Å². The van der Waals surface area contributed by atoms with Gasteiger partial charge in [-0.1, -0.05) is 13.0 Å². The third kappa shape index (κ3) is 4.73. The SMILES string of the molecule is CCCn1nc(C(=O)OCC(=O)Nc2cccc(F)c2)ccc1=O. The fourth-order valence-corrected chi connectivity index (χ4v) is 1.90. The van der Waals surface area contributed by atoms with Gasteiger partial charge in [-0.2, -0.15) is 5.10 Å². The number of nitrogens with zero attached hydrogens (tertiary/aromatic N) is 2. The smallest absolute Gasteiger partial charge is 0.359 e. The lowest BCUT2D eigenvalue weighted by molar-refractivity contribution is -0.119. The summed E-state index contributed by atoms with van der Waals surface area (Å²) in [5.74, 6) is -1.93. The lowest BCUT2D eigenvalue weighted by atomic mass is 10.3. The fourth-order valence-electron chi connectivity index (χ4n) is 1.90. The second kappa shape index (κ2) is 8.00. The van der Waals surface area contributed by atoms with Crippen LogP contribution in [0, 0.1) is 5.82 Å². The molecule has 8 heteroatoms. The van der Waals surface area contributed by atoms with Crippen LogP contribution in [0.1, 0.15) is 23.8 Å². The molecule has 1 aromatic heterocycles. The standard InChI is InChI=1S/C16H16FN3O4/c1-2-8-20-15(22)7-6-13(19-20)16(23)24-10-14(21)18-12-5-3-4-11(17)9-12/h3-7,9H,2,8,10H2,1H3,(H,18,21). The van der Waals surface area contributed by atoms with Gasteiger partial charge in [-0.15, -0.1) is 0 Å². The molecule has 0 spiro atoms. The summed E-state index contributed by atoms with van der Waals surface area (Å²) in [4.78, 5) is 35.1. The van der Waals surface area contributed by atoms with Crippen LogP contribution in [0.4, 0.5) is 10.1 Å². The van der Waals surface area contributed by atoms with Crippen molar-refractivity contribution in [3.63, 3.8) is 0 Å². The van der Waals surface area contributed by atoms with Crippen LogP contribution in [-0.2, 0) is 16.1 Å². The van der Waals surface area contributed by atoms with Crippen LogP contribution in [0.3, 0.4) is 0 Å². The number of carbonyl (C=O) groups is 2. The molecule has 1 amide bonds. The molecule has 1 aromatic carbocycles. The number of nitrogens with one attached hydrogen (secondary N) is 1. The first-order valence-electron chi connectivity index (χ1n) is 7.30. The van der Waals surface area contributed by atoms with Crippen LogP contribution in [-0.4, -0.2) is 28.3 Å². The number of rotatable bonds is 6. The largest absolute Gasteiger partial charge is 0.451 e. The monoisotopic (exact) mass is 333 g/mol. The average molecular weight is 333 g/mol. The van der Waals surface area contributed by atoms with E-state index in [9.17, 15) is 18.8 Å². The molecule has 7 nitrogen and oxygen atoms in total. The van der Waals surface area contributed by atoms with Crippen LogP contribution in [0.25, 0.3) is 0 Å². The highest BCUT2D eigenvalue weighted by molar-refractivity contribution is 5.94. The number of hydrogen-bond donors (Lipinski definition) is 1. The first-order valence-corrected chi connectivity index (χ1v) is 7.30. The third-order valence-corrected chi connectivity index (χ3v) is 2.95. The van der Waals surface area contributed by atoms with E-state index in [2.05, 4.69) is 10.4 Å². The van der Waals surface area contributed by atoms with Gasteiger partial charge < -0.3 is 10.1 Å². The van der Waals surface area contributed by atoms with Gasteiger partial charge in [0.2, 0.25) is 0 Å². The molecule has 0 radical (unpaired) electrons. The number of amides is 1. The van der Waals surface area contributed by atoms with Gasteiger partial charge in [-0.05, 0) is 30.7 Å². The summed E-state index contributed by atoms with van der Waals surface area (Å²) < 4.78 is 19.0. The second-order valence-corrected chi connectivity index (χ2v) is 4.91. The topological polar surface area (TPSA) is 90.3 Å². The van der Waals surface area contributed by atoms with E-state index in [1.165, 1.54) is 30.3 Å². The van der Waals surface area contributed by atoms with Gasteiger partial charge in [-0.25, -0.2) is 13.9 Å². The maximum absolute atomic E-state index is 13.0. The van der Waals surface area contributed by atoms with Crippen molar-refractivity contribution in [1.29, 1.82) is 0 Å². The Morgan fingerprint density at radius 2 is 2.08 bits per heavy atom. The molecule has 0 atom stereocenters. The van der Waals surface area contributed by atoms with Crippen molar-refractivity contribution in [2.75, 3.05) is 11.9 Å². The highest BCUT2D eigenvalue weighted by Gasteiger charge is 2.13. The van der Waals surface area contributed by atoms with Gasteiger partial charge in [-0.3, -0.25) is 9.59 Å². The van der Waals surface area contributed by atoms with Crippen molar-refractivity contribution in [2.24, 2.45) is 0 Å². The number of carbonyl (C=O) groups excluding carboxylic acids is 2. The molecule has 0 aliphatic rings. The van der Waals surface area contributed by atoms with Crippen LogP contribution < -0.4 is 10.9 Å². The minimum Gasteiger partial charge on any atom is -0.451 e.